The monoisotopic (exact) mass is 292 g/mol. The third-order valence-electron chi connectivity index (χ3n) is 4.61. The van der Waals surface area contributed by atoms with Crippen LogP contribution in [0.15, 0.2) is 24.8 Å². The molecule has 2 bridgehead atoms. The lowest BCUT2D eigenvalue weighted by Crippen LogP contribution is -2.40. The maximum absolute atomic E-state index is 12.3. The molecule has 1 saturated heterocycles. The molecular weight excluding hydrogens is 272 g/mol. The van der Waals surface area contributed by atoms with Gasteiger partial charge in [0.2, 0.25) is 0 Å². The first-order valence-corrected chi connectivity index (χ1v) is 7.28. The van der Waals surface area contributed by atoms with E-state index in [0.29, 0.717) is 0 Å². The molecule has 2 saturated carbocycles. The van der Waals surface area contributed by atoms with Crippen LogP contribution in [-0.4, -0.2) is 37.4 Å². The Kier molecular flexibility index (Phi) is 3.61. The second kappa shape index (κ2) is 5.30. The van der Waals surface area contributed by atoms with Crippen molar-refractivity contribution in [3.63, 3.8) is 0 Å². The second-order valence-corrected chi connectivity index (χ2v) is 6.16. The van der Waals surface area contributed by atoms with Gasteiger partial charge in [-0.15, -0.1) is 0 Å². The van der Waals surface area contributed by atoms with Gasteiger partial charge in [-0.25, -0.2) is 0 Å². The summed E-state index contributed by atoms with van der Waals surface area (Å²) in [5, 5.41) is 0. The molecule has 0 amide bonds. The highest BCUT2D eigenvalue weighted by Gasteiger charge is 2.71. The normalized spacial score (nSPS) is 38.5. The van der Waals surface area contributed by atoms with Crippen LogP contribution in [-0.2, 0) is 23.8 Å². The topological polar surface area (TPSA) is 65.1 Å². The van der Waals surface area contributed by atoms with E-state index >= 15 is 0 Å². The van der Waals surface area contributed by atoms with E-state index in [4.69, 9.17) is 14.2 Å². The van der Waals surface area contributed by atoms with Crippen molar-refractivity contribution in [2.45, 2.75) is 25.6 Å². The lowest BCUT2D eigenvalue weighted by atomic mass is 9.79. The van der Waals surface area contributed by atoms with Crippen molar-refractivity contribution in [2.75, 3.05) is 13.2 Å². The molecule has 3 fully saturated rings. The Morgan fingerprint density at radius 3 is 2.29 bits per heavy atom. The maximum atomic E-state index is 12.3. The molecule has 2 aliphatic carbocycles. The zero-order valence-electron chi connectivity index (χ0n) is 12.1. The maximum Gasteiger partial charge on any atom is 0.310 e. The minimum Gasteiger partial charge on any atom is -0.461 e. The summed E-state index contributed by atoms with van der Waals surface area (Å²) in [6, 6.07) is 0. The van der Waals surface area contributed by atoms with Crippen molar-refractivity contribution in [3.8, 4) is 0 Å². The first kappa shape index (κ1) is 14.3. The molecule has 0 aromatic rings. The summed E-state index contributed by atoms with van der Waals surface area (Å²) in [5.74, 6) is -1.40. The Morgan fingerprint density at radius 1 is 1.19 bits per heavy atom. The number of esters is 2. The summed E-state index contributed by atoms with van der Waals surface area (Å²) in [6.07, 6.45) is 2.62. The summed E-state index contributed by atoms with van der Waals surface area (Å²) in [4.78, 5) is 24.6. The molecular formula is C16H20O5. The van der Waals surface area contributed by atoms with E-state index < -0.39 is 11.8 Å². The molecule has 1 heterocycles. The molecule has 114 valence electrons. The zero-order valence-corrected chi connectivity index (χ0v) is 12.1. The Balaban J connectivity index is 1.72. The number of fused-ring (bicyclic) bond motifs is 5. The van der Waals surface area contributed by atoms with Gasteiger partial charge in [0.15, 0.2) is 0 Å². The highest BCUT2D eigenvalue weighted by atomic mass is 16.6. The van der Waals surface area contributed by atoms with E-state index in [1.807, 2.05) is 0 Å². The van der Waals surface area contributed by atoms with Gasteiger partial charge >= 0.3 is 11.9 Å². The number of hydrogen-bond donors (Lipinski definition) is 0. The fourth-order valence-corrected chi connectivity index (χ4v) is 3.81. The fourth-order valence-electron chi connectivity index (χ4n) is 3.81. The lowest BCUT2D eigenvalue weighted by Gasteiger charge is -2.25. The van der Waals surface area contributed by atoms with E-state index in [1.165, 1.54) is 6.08 Å². The van der Waals surface area contributed by atoms with Gasteiger partial charge in [0, 0.05) is 11.8 Å². The van der Waals surface area contributed by atoms with E-state index in [0.717, 1.165) is 12.0 Å². The van der Waals surface area contributed by atoms with Gasteiger partial charge in [-0.2, -0.15) is 0 Å². The first-order valence-electron chi connectivity index (χ1n) is 7.28. The van der Waals surface area contributed by atoms with Crippen LogP contribution in [0.5, 0.6) is 0 Å². The van der Waals surface area contributed by atoms with Crippen LogP contribution in [0.4, 0.5) is 0 Å². The largest absolute Gasteiger partial charge is 0.461 e. The summed E-state index contributed by atoms with van der Waals surface area (Å²) >= 11 is 0. The van der Waals surface area contributed by atoms with Crippen molar-refractivity contribution in [1.29, 1.82) is 0 Å². The number of carbonyl (C=O) groups excluding carboxylic acids is 2. The van der Waals surface area contributed by atoms with Crippen LogP contribution < -0.4 is 0 Å². The Bertz CT molecular complexity index is 497. The van der Waals surface area contributed by atoms with E-state index in [-0.39, 0.29) is 49.2 Å². The van der Waals surface area contributed by atoms with Crippen LogP contribution in [0.3, 0.4) is 0 Å². The molecule has 5 heteroatoms. The number of carbonyl (C=O) groups is 2. The van der Waals surface area contributed by atoms with Crippen LogP contribution in [0, 0.1) is 23.7 Å². The van der Waals surface area contributed by atoms with Crippen molar-refractivity contribution < 1.29 is 23.8 Å². The molecule has 1 aliphatic heterocycles. The van der Waals surface area contributed by atoms with Crippen molar-refractivity contribution >= 4 is 11.9 Å². The van der Waals surface area contributed by atoms with Gasteiger partial charge in [-0.05, 0) is 18.9 Å². The number of rotatable bonds is 6. The quantitative estimate of drug-likeness (QED) is 0.421. The molecule has 0 aromatic carbocycles. The summed E-state index contributed by atoms with van der Waals surface area (Å²) in [5.41, 5.74) is 0.776. The molecule has 6 unspecified atom stereocenters. The first-order chi connectivity index (χ1) is 10.0. The predicted octanol–water partition coefficient (Wildman–Crippen LogP) is 1.48. The highest BCUT2D eigenvalue weighted by molar-refractivity contribution is 5.84. The van der Waals surface area contributed by atoms with E-state index in [1.54, 1.807) is 6.92 Å². The molecule has 5 nitrogen and oxygen atoms in total. The van der Waals surface area contributed by atoms with Crippen LogP contribution in [0.2, 0.25) is 0 Å². The fraction of sp³-hybridized carbons (Fsp3) is 0.625. The van der Waals surface area contributed by atoms with Crippen molar-refractivity contribution in [3.05, 3.63) is 24.8 Å². The molecule has 3 rings (SSSR count). The average Bonchev–Trinajstić information content (AvgIpc) is 3.07. The summed E-state index contributed by atoms with van der Waals surface area (Å²) in [7, 11) is 0. The van der Waals surface area contributed by atoms with Gasteiger partial charge in [-0.1, -0.05) is 19.2 Å². The molecule has 0 radical (unpaired) electrons. The minimum atomic E-state index is -0.449. The predicted molar refractivity (Wildman–Crippen MR) is 74.2 cm³/mol. The van der Waals surface area contributed by atoms with Gasteiger partial charge in [-0.3, -0.25) is 9.59 Å². The third-order valence-corrected chi connectivity index (χ3v) is 4.61. The van der Waals surface area contributed by atoms with Gasteiger partial charge in [0.25, 0.3) is 0 Å². The van der Waals surface area contributed by atoms with Gasteiger partial charge < -0.3 is 14.2 Å². The van der Waals surface area contributed by atoms with Crippen molar-refractivity contribution in [2.24, 2.45) is 23.7 Å². The lowest BCUT2D eigenvalue weighted by molar-refractivity contribution is -0.161. The number of epoxide rings is 1. The van der Waals surface area contributed by atoms with Gasteiger partial charge in [0.1, 0.15) is 13.2 Å². The Labute approximate surface area is 123 Å². The van der Waals surface area contributed by atoms with E-state index in [2.05, 4.69) is 13.2 Å². The Morgan fingerprint density at radius 2 is 1.76 bits per heavy atom. The van der Waals surface area contributed by atoms with Crippen LogP contribution in [0.1, 0.15) is 13.3 Å². The molecule has 0 aromatic heterocycles. The number of ether oxygens (including phenoxy) is 3. The molecule has 6 atom stereocenters. The molecule has 0 spiro atoms. The van der Waals surface area contributed by atoms with E-state index in [9.17, 15) is 9.59 Å². The SMILES string of the molecule is C=CCOC(=O)C1C2CC(C3OC23)C1C(=O)OCC(=C)C. The van der Waals surface area contributed by atoms with Gasteiger partial charge in [0.05, 0.1) is 24.0 Å². The van der Waals surface area contributed by atoms with Crippen LogP contribution >= 0.6 is 0 Å². The number of hydrogen-bond acceptors (Lipinski definition) is 5. The summed E-state index contributed by atoms with van der Waals surface area (Å²) < 4.78 is 16.0. The molecule has 21 heavy (non-hydrogen) atoms. The third kappa shape index (κ3) is 2.39. The summed E-state index contributed by atoms with van der Waals surface area (Å²) in [6.45, 7) is 9.39. The molecule has 3 aliphatic rings. The smallest absolute Gasteiger partial charge is 0.310 e. The Hall–Kier alpha value is -1.62. The zero-order chi connectivity index (χ0) is 15.1. The van der Waals surface area contributed by atoms with Crippen LogP contribution in [0.25, 0.3) is 0 Å². The standard InChI is InChI=1S/C16H20O5/c1-4-5-19-15(17)11-9-6-10(14-13(9)21-14)12(11)16(18)20-7-8(2)3/h4,9-14H,1-2,5-7H2,3H3. The average molecular weight is 292 g/mol. The molecule has 0 N–H and O–H groups in total. The van der Waals surface area contributed by atoms with Crippen molar-refractivity contribution in [1.82, 2.24) is 0 Å². The minimum absolute atomic E-state index is 0.0823. The highest BCUT2D eigenvalue weighted by Crippen LogP contribution is 2.62. The second-order valence-electron chi connectivity index (χ2n) is 6.16.